The molecule has 1 N–H and O–H groups in total. The molecule has 76 valence electrons. The van der Waals surface area contributed by atoms with Crippen molar-refractivity contribution in [2.24, 2.45) is 17.8 Å². The molecule has 0 amide bonds. The number of ether oxygens (including phenoxy) is 1. The monoisotopic (exact) mass is 185 g/mol. The predicted octanol–water partition coefficient (Wildman–Crippen LogP) is 0.193. The van der Waals surface area contributed by atoms with Crippen molar-refractivity contribution in [3.8, 4) is 0 Å². The van der Waals surface area contributed by atoms with Crippen molar-refractivity contribution in [1.82, 2.24) is 4.90 Å². The first kappa shape index (κ1) is 9.44. The number of fused-ring (bicyclic) bond motifs is 2. The van der Waals surface area contributed by atoms with Gasteiger partial charge in [0.15, 0.2) is 0 Å². The van der Waals surface area contributed by atoms with Gasteiger partial charge in [-0.25, -0.2) is 0 Å². The molecule has 0 spiro atoms. The van der Waals surface area contributed by atoms with Crippen LogP contribution in [0, 0.1) is 17.8 Å². The van der Waals surface area contributed by atoms with Crippen molar-refractivity contribution in [2.45, 2.75) is 6.42 Å². The topological polar surface area (TPSA) is 32.7 Å². The summed E-state index contributed by atoms with van der Waals surface area (Å²) in [5, 5.41) is 8.99. The summed E-state index contributed by atoms with van der Waals surface area (Å²) >= 11 is 0. The molecule has 2 aliphatic rings. The Balaban J connectivity index is 2.01. The molecule has 3 nitrogen and oxygen atoms in total. The van der Waals surface area contributed by atoms with Crippen molar-refractivity contribution < 1.29 is 9.84 Å². The quantitative estimate of drug-likeness (QED) is 0.667. The fourth-order valence-electron chi connectivity index (χ4n) is 2.87. The Kier molecular flexibility index (Phi) is 2.86. The van der Waals surface area contributed by atoms with E-state index in [1.54, 1.807) is 0 Å². The van der Waals surface area contributed by atoms with Crippen LogP contribution < -0.4 is 0 Å². The summed E-state index contributed by atoms with van der Waals surface area (Å²) < 4.78 is 5.55. The molecule has 1 unspecified atom stereocenters. The first-order valence-corrected chi connectivity index (χ1v) is 5.18. The van der Waals surface area contributed by atoms with Gasteiger partial charge in [-0.3, -0.25) is 0 Å². The Labute approximate surface area is 79.7 Å². The summed E-state index contributed by atoms with van der Waals surface area (Å²) in [5.41, 5.74) is 0. The van der Waals surface area contributed by atoms with Gasteiger partial charge in [0.25, 0.3) is 0 Å². The van der Waals surface area contributed by atoms with Gasteiger partial charge >= 0.3 is 0 Å². The minimum Gasteiger partial charge on any atom is -0.396 e. The number of rotatable bonds is 2. The normalized spacial score (nSPS) is 40.6. The van der Waals surface area contributed by atoms with Crippen LogP contribution in [0.2, 0.25) is 0 Å². The predicted molar refractivity (Wildman–Crippen MR) is 50.5 cm³/mol. The lowest BCUT2D eigenvalue weighted by Gasteiger charge is -2.46. The molecule has 0 aromatic heterocycles. The number of nitrogens with zero attached hydrogens (tertiary/aromatic N) is 1. The van der Waals surface area contributed by atoms with Crippen LogP contribution in [-0.4, -0.2) is 50.0 Å². The van der Waals surface area contributed by atoms with Crippen molar-refractivity contribution in [3.05, 3.63) is 0 Å². The first-order valence-electron chi connectivity index (χ1n) is 5.18. The second kappa shape index (κ2) is 3.95. The Morgan fingerprint density at radius 2 is 1.92 bits per heavy atom. The summed E-state index contributed by atoms with van der Waals surface area (Å²) in [7, 11) is 2.18. The van der Waals surface area contributed by atoms with Crippen molar-refractivity contribution in [1.29, 1.82) is 0 Å². The maximum Gasteiger partial charge on any atom is 0.0509 e. The van der Waals surface area contributed by atoms with E-state index in [4.69, 9.17) is 9.84 Å². The molecule has 0 aromatic carbocycles. The zero-order chi connectivity index (χ0) is 9.26. The molecule has 0 aromatic rings. The third-order valence-corrected chi connectivity index (χ3v) is 3.43. The van der Waals surface area contributed by atoms with Gasteiger partial charge in [0.1, 0.15) is 0 Å². The number of aliphatic hydroxyl groups excluding tert-OH is 1. The molecule has 0 radical (unpaired) electrons. The summed E-state index contributed by atoms with van der Waals surface area (Å²) in [5.74, 6) is 2.02. The van der Waals surface area contributed by atoms with Crippen LogP contribution in [-0.2, 0) is 4.74 Å². The van der Waals surface area contributed by atoms with Crippen LogP contribution in [0.25, 0.3) is 0 Å². The number of likely N-dealkylation sites (tertiary alicyclic amines) is 1. The Morgan fingerprint density at radius 3 is 2.46 bits per heavy atom. The van der Waals surface area contributed by atoms with Crippen LogP contribution in [0.4, 0.5) is 0 Å². The number of aliphatic hydroxyl groups is 1. The smallest absolute Gasteiger partial charge is 0.0509 e. The molecule has 2 aliphatic heterocycles. The lowest BCUT2D eigenvalue weighted by atomic mass is 9.75. The van der Waals surface area contributed by atoms with Crippen LogP contribution in [0.15, 0.2) is 0 Å². The summed E-state index contributed by atoms with van der Waals surface area (Å²) in [6, 6.07) is 0. The molecule has 3 atom stereocenters. The summed E-state index contributed by atoms with van der Waals surface area (Å²) in [4.78, 5) is 2.39. The molecule has 0 aliphatic carbocycles. The second-order valence-electron chi connectivity index (χ2n) is 4.45. The molecular formula is C10H19NO2. The summed E-state index contributed by atoms with van der Waals surface area (Å²) in [6.07, 6.45) is 0.965. The molecule has 2 saturated heterocycles. The molecule has 2 bridgehead atoms. The standard InChI is InChI=1S/C10H19NO2/c1-11-4-8-6-13-7-9(5-11)10(8)2-3-12/h8-10,12H,2-7H2,1H3/t8-,9+,10?. The van der Waals surface area contributed by atoms with Gasteiger partial charge in [0.05, 0.1) is 13.2 Å². The van der Waals surface area contributed by atoms with Crippen molar-refractivity contribution >= 4 is 0 Å². The maximum atomic E-state index is 8.99. The van der Waals surface area contributed by atoms with Gasteiger partial charge in [-0.1, -0.05) is 0 Å². The fourth-order valence-corrected chi connectivity index (χ4v) is 2.87. The SMILES string of the molecule is CN1C[C@H]2COC[C@@H](C1)C2CCO. The maximum absolute atomic E-state index is 8.99. The minimum absolute atomic E-state index is 0.335. The Hall–Kier alpha value is -0.120. The number of hydrogen-bond acceptors (Lipinski definition) is 3. The van der Waals surface area contributed by atoms with E-state index in [1.807, 2.05) is 0 Å². The molecule has 0 saturated carbocycles. The third-order valence-electron chi connectivity index (χ3n) is 3.43. The first-order chi connectivity index (χ1) is 6.31. The Bertz CT molecular complexity index is 160. The second-order valence-corrected chi connectivity index (χ2v) is 4.45. The highest BCUT2D eigenvalue weighted by atomic mass is 16.5. The van der Waals surface area contributed by atoms with Crippen LogP contribution in [0.1, 0.15) is 6.42 Å². The molecular weight excluding hydrogens is 166 g/mol. The molecule has 3 heteroatoms. The minimum atomic E-state index is 0.335. The van der Waals surface area contributed by atoms with E-state index >= 15 is 0 Å². The van der Waals surface area contributed by atoms with Crippen molar-refractivity contribution in [2.75, 3.05) is 40.0 Å². The lowest BCUT2D eigenvalue weighted by Crippen LogP contribution is -2.51. The van der Waals surface area contributed by atoms with Crippen LogP contribution in [0.3, 0.4) is 0 Å². The van der Waals surface area contributed by atoms with Gasteiger partial charge in [0.2, 0.25) is 0 Å². The number of hydrogen-bond donors (Lipinski definition) is 1. The van der Waals surface area contributed by atoms with Gasteiger partial charge in [-0.15, -0.1) is 0 Å². The largest absolute Gasteiger partial charge is 0.396 e. The molecule has 2 rings (SSSR count). The van der Waals surface area contributed by atoms with Gasteiger partial charge < -0.3 is 14.7 Å². The van der Waals surface area contributed by atoms with E-state index in [1.165, 1.54) is 0 Å². The average molecular weight is 185 g/mol. The van der Waals surface area contributed by atoms with E-state index in [0.717, 1.165) is 32.7 Å². The fraction of sp³-hybridized carbons (Fsp3) is 1.00. The lowest BCUT2D eigenvalue weighted by molar-refractivity contribution is -0.0830. The van der Waals surface area contributed by atoms with Gasteiger partial charge in [0, 0.05) is 19.7 Å². The number of piperidine rings is 1. The highest BCUT2D eigenvalue weighted by Crippen LogP contribution is 2.34. The third kappa shape index (κ3) is 1.87. The van der Waals surface area contributed by atoms with Crippen LogP contribution >= 0.6 is 0 Å². The zero-order valence-electron chi connectivity index (χ0n) is 8.28. The van der Waals surface area contributed by atoms with Gasteiger partial charge in [-0.2, -0.15) is 0 Å². The Morgan fingerprint density at radius 1 is 1.31 bits per heavy atom. The zero-order valence-corrected chi connectivity index (χ0v) is 8.28. The van der Waals surface area contributed by atoms with Crippen molar-refractivity contribution in [3.63, 3.8) is 0 Å². The van der Waals surface area contributed by atoms with E-state index in [9.17, 15) is 0 Å². The average Bonchev–Trinajstić information content (AvgIpc) is 2.07. The highest BCUT2D eigenvalue weighted by Gasteiger charge is 2.38. The van der Waals surface area contributed by atoms with E-state index in [0.29, 0.717) is 24.4 Å². The highest BCUT2D eigenvalue weighted by molar-refractivity contribution is 4.88. The molecule has 2 heterocycles. The van der Waals surface area contributed by atoms with Crippen LogP contribution in [0.5, 0.6) is 0 Å². The van der Waals surface area contributed by atoms with E-state index in [2.05, 4.69) is 11.9 Å². The molecule has 2 fully saturated rings. The van der Waals surface area contributed by atoms with E-state index < -0.39 is 0 Å². The van der Waals surface area contributed by atoms with Gasteiger partial charge in [-0.05, 0) is 31.2 Å². The summed E-state index contributed by atoms with van der Waals surface area (Å²) in [6.45, 7) is 4.40. The van der Waals surface area contributed by atoms with E-state index in [-0.39, 0.29) is 0 Å². The molecule has 13 heavy (non-hydrogen) atoms.